The Kier molecular flexibility index (Phi) is 9.00. The van der Waals surface area contributed by atoms with Gasteiger partial charge in [-0.2, -0.15) is 0 Å². The molecule has 0 spiro atoms. The van der Waals surface area contributed by atoms with E-state index in [1.807, 2.05) is 13.0 Å². The maximum atomic E-state index is 12.2. The monoisotopic (exact) mass is 415 g/mol. The Morgan fingerprint density at radius 2 is 1.87 bits per heavy atom. The average Bonchev–Trinajstić information content (AvgIpc) is 2.75. The van der Waals surface area contributed by atoms with Gasteiger partial charge in [0.15, 0.2) is 0 Å². The van der Waals surface area contributed by atoms with E-state index in [4.69, 9.17) is 4.74 Å². The predicted molar refractivity (Wildman–Crippen MR) is 118 cm³/mol. The number of urea groups is 1. The third-order valence-electron chi connectivity index (χ3n) is 6.21. The summed E-state index contributed by atoms with van der Waals surface area (Å²) < 4.78 is 6.03. The van der Waals surface area contributed by atoms with Crippen LogP contribution in [0.4, 0.5) is 4.79 Å². The molecular weight excluding hydrogens is 378 g/mol. The Labute approximate surface area is 180 Å². The molecular formula is C24H37N3O3. The first-order valence-corrected chi connectivity index (χ1v) is 11.7. The first-order valence-electron chi connectivity index (χ1n) is 11.7. The molecule has 1 aliphatic carbocycles. The molecule has 166 valence electrons. The zero-order valence-electron chi connectivity index (χ0n) is 18.4. The van der Waals surface area contributed by atoms with Crippen LogP contribution in [0.3, 0.4) is 0 Å². The number of benzene rings is 1. The molecule has 0 bridgehead atoms. The highest BCUT2D eigenvalue weighted by molar-refractivity contribution is 5.94. The number of ether oxygens (including phenoxy) is 1. The SMILES string of the molecule is CCCC(=O)NC(=O)N1CCN(Cc2cccc(OCCC3CCCCC3)c2)CC1. The van der Waals surface area contributed by atoms with Crippen molar-refractivity contribution < 1.29 is 14.3 Å². The molecule has 1 saturated carbocycles. The van der Waals surface area contributed by atoms with E-state index in [9.17, 15) is 9.59 Å². The molecule has 1 heterocycles. The molecule has 2 fully saturated rings. The third-order valence-corrected chi connectivity index (χ3v) is 6.21. The van der Waals surface area contributed by atoms with E-state index in [1.54, 1.807) is 4.90 Å². The summed E-state index contributed by atoms with van der Waals surface area (Å²) in [6.07, 6.45) is 9.18. The molecule has 0 atom stereocenters. The fraction of sp³-hybridized carbons (Fsp3) is 0.667. The third kappa shape index (κ3) is 7.31. The average molecular weight is 416 g/mol. The van der Waals surface area contributed by atoms with Gasteiger partial charge in [-0.3, -0.25) is 15.0 Å². The number of nitrogens with zero attached hydrogens (tertiary/aromatic N) is 2. The number of amides is 3. The fourth-order valence-electron chi connectivity index (χ4n) is 4.41. The molecule has 0 aromatic heterocycles. The van der Waals surface area contributed by atoms with Crippen molar-refractivity contribution in [2.45, 2.75) is 64.8 Å². The maximum absolute atomic E-state index is 12.2. The topological polar surface area (TPSA) is 61.9 Å². The number of rotatable bonds is 8. The minimum Gasteiger partial charge on any atom is -0.494 e. The molecule has 0 unspecified atom stereocenters. The standard InChI is InChI=1S/C24H37N3O3/c1-2-7-23(28)25-24(29)27-15-13-26(14-16-27)19-21-10-6-11-22(18-21)30-17-12-20-8-4-3-5-9-20/h6,10-11,18,20H,2-5,7-9,12-17,19H2,1H3,(H,25,28,29). The Bertz CT molecular complexity index is 680. The molecule has 1 aromatic carbocycles. The zero-order valence-corrected chi connectivity index (χ0v) is 18.4. The van der Waals surface area contributed by atoms with Crippen LogP contribution < -0.4 is 10.1 Å². The number of hydrogen-bond acceptors (Lipinski definition) is 4. The highest BCUT2D eigenvalue weighted by Gasteiger charge is 2.22. The summed E-state index contributed by atoms with van der Waals surface area (Å²) in [7, 11) is 0. The minimum absolute atomic E-state index is 0.190. The molecule has 1 aliphatic heterocycles. The number of piperazine rings is 1. The quantitative estimate of drug-likeness (QED) is 0.692. The van der Waals surface area contributed by atoms with Crippen molar-refractivity contribution in [2.24, 2.45) is 5.92 Å². The number of hydrogen-bond donors (Lipinski definition) is 1. The molecule has 6 heteroatoms. The summed E-state index contributed by atoms with van der Waals surface area (Å²) in [6, 6.07) is 8.12. The van der Waals surface area contributed by atoms with Crippen LogP contribution in [0.2, 0.25) is 0 Å². The van der Waals surface area contributed by atoms with Crippen molar-refractivity contribution in [3.63, 3.8) is 0 Å². The molecule has 2 aliphatic rings. The van der Waals surface area contributed by atoms with E-state index < -0.39 is 0 Å². The largest absolute Gasteiger partial charge is 0.494 e. The fourth-order valence-corrected chi connectivity index (χ4v) is 4.41. The lowest BCUT2D eigenvalue weighted by Crippen LogP contribution is -2.52. The van der Waals surface area contributed by atoms with Gasteiger partial charge < -0.3 is 9.64 Å². The van der Waals surface area contributed by atoms with E-state index in [2.05, 4.69) is 28.4 Å². The van der Waals surface area contributed by atoms with Crippen molar-refractivity contribution in [2.75, 3.05) is 32.8 Å². The molecule has 0 radical (unpaired) electrons. The second-order valence-electron chi connectivity index (χ2n) is 8.66. The first kappa shape index (κ1) is 22.6. The van der Waals surface area contributed by atoms with Gasteiger partial charge in [0.05, 0.1) is 6.61 Å². The van der Waals surface area contributed by atoms with Gasteiger partial charge in [-0.1, -0.05) is 51.2 Å². The van der Waals surface area contributed by atoms with E-state index in [0.29, 0.717) is 19.5 Å². The van der Waals surface area contributed by atoms with Gasteiger partial charge in [0.1, 0.15) is 5.75 Å². The molecule has 1 aromatic rings. The minimum atomic E-state index is -0.263. The molecule has 1 N–H and O–H groups in total. The van der Waals surface area contributed by atoms with Crippen LogP contribution >= 0.6 is 0 Å². The van der Waals surface area contributed by atoms with Gasteiger partial charge in [0, 0.05) is 39.1 Å². The lowest BCUT2D eigenvalue weighted by molar-refractivity contribution is -0.120. The van der Waals surface area contributed by atoms with Crippen molar-refractivity contribution in [1.29, 1.82) is 0 Å². The lowest BCUT2D eigenvalue weighted by Gasteiger charge is -2.34. The summed E-state index contributed by atoms with van der Waals surface area (Å²) in [6.45, 7) is 6.48. The highest BCUT2D eigenvalue weighted by atomic mass is 16.5. The van der Waals surface area contributed by atoms with Crippen molar-refractivity contribution in [3.8, 4) is 5.75 Å². The number of carbonyl (C=O) groups is 2. The molecule has 3 rings (SSSR count). The van der Waals surface area contributed by atoms with Gasteiger partial charge in [-0.05, 0) is 36.5 Å². The van der Waals surface area contributed by atoms with Gasteiger partial charge in [-0.25, -0.2) is 4.79 Å². The van der Waals surface area contributed by atoms with Crippen LogP contribution in [-0.2, 0) is 11.3 Å². The second-order valence-corrected chi connectivity index (χ2v) is 8.66. The van der Waals surface area contributed by atoms with Crippen LogP contribution in [0.1, 0.15) is 63.9 Å². The van der Waals surface area contributed by atoms with Crippen LogP contribution in [0.5, 0.6) is 5.75 Å². The van der Waals surface area contributed by atoms with E-state index >= 15 is 0 Å². The van der Waals surface area contributed by atoms with Crippen LogP contribution in [0, 0.1) is 5.92 Å². The Hall–Kier alpha value is -2.08. The number of carbonyl (C=O) groups excluding carboxylic acids is 2. The first-order chi connectivity index (χ1) is 14.6. The van der Waals surface area contributed by atoms with Crippen molar-refractivity contribution in [1.82, 2.24) is 15.1 Å². The van der Waals surface area contributed by atoms with Gasteiger partial charge in [0.2, 0.25) is 5.91 Å². The van der Waals surface area contributed by atoms with Crippen LogP contribution in [0.15, 0.2) is 24.3 Å². The molecule has 30 heavy (non-hydrogen) atoms. The summed E-state index contributed by atoms with van der Waals surface area (Å²) in [5.41, 5.74) is 1.24. The summed E-state index contributed by atoms with van der Waals surface area (Å²) in [5.74, 6) is 1.61. The number of imide groups is 1. The van der Waals surface area contributed by atoms with E-state index in [0.717, 1.165) is 50.8 Å². The Morgan fingerprint density at radius 1 is 1.10 bits per heavy atom. The Balaban J connectivity index is 1.39. The zero-order chi connectivity index (χ0) is 21.2. The van der Waals surface area contributed by atoms with Crippen molar-refractivity contribution in [3.05, 3.63) is 29.8 Å². The van der Waals surface area contributed by atoms with Gasteiger partial charge >= 0.3 is 6.03 Å². The predicted octanol–water partition coefficient (Wildman–Crippen LogP) is 4.19. The van der Waals surface area contributed by atoms with Crippen molar-refractivity contribution >= 4 is 11.9 Å². The summed E-state index contributed by atoms with van der Waals surface area (Å²) >= 11 is 0. The number of nitrogens with one attached hydrogen (secondary N) is 1. The summed E-state index contributed by atoms with van der Waals surface area (Å²) in [4.78, 5) is 27.9. The molecule has 1 saturated heterocycles. The highest BCUT2D eigenvalue weighted by Crippen LogP contribution is 2.26. The smallest absolute Gasteiger partial charge is 0.324 e. The lowest BCUT2D eigenvalue weighted by atomic mass is 9.87. The van der Waals surface area contributed by atoms with Crippen LogP contribution in [-0.4, -0.2) is 54.5 Å². The Morgan fingerprint density at radius 3 is 2.60 bits per heavy atom. The van der Waals surface area contributed by atoms with Gasteiger partial charge in [0.25, 0.3) is 0 Å². The van der Waals surface area contributed by atoms with Crippen LogP contribution in [0.25, 0.3) is 0 Å². The van der Waals surface area contributed by atoms with E-state index in [-0.39, 0.29) is 11.9 Å². The normalized spacial score (nSPS) is 18.2. The molecule has 6 nitrogen and oxygen atoms in total. The van der Waals surface area contributed by atoms with E-state index in [1.165, 1.54) is 37.7 Å². The molecule has 3 amide bonds. The summed E-state index contributed by atoms with van der Waals surface area (Å²) in [5, 5.41) is 2.48. The maximum Gasteiger partial charge on any atom is 0.324 e. The van der Waals surface area contributed by atoms with Gasteiger partial charge in [-0.15, -0.1) is 0 Å². The second kappa shape index (κ2) is 11.9.